The molecule has 2 aliphatic heterocycles. The molecule has 2 atom stereocenters. The fourth-order valence-corrected chi connectivity index (χ4v) is 8.32. The predicted octanol–water partition coefficient (Wildman–Crippen LogP) is 6.23. The smallest absolute Gasteiger partial charge is 0.158 e. The van der Waals surface area contributed by atoms with Gasteiger partial charge in [0.15, 0.2) is 5.82 Å². The highest BCUT2D eigenvalue weighted by molar-refractivity contribution is 6.35. The lowest BCUT2D eigenvalue weighted by molar-refractivity contribution is -0.153. The molecule has 2 N–H and O–H groups in total. The number of rotatable bonds is 4. The Morgan fingerprint density at radius 2 is 1.74 bits per heavy atom. The highest BCUT2D eigenvalue weighted by Crippen LogP contribution is 2.69. The summed E-state index contributed by atoms with van der Waals surface area (Å²) in [6.07, 6.45) is 5.55. The van der Waals surface area contributed by atoms with Crippen LogP contribution in [0.1, 0.15) is 37.8 Å². The molecule has 200 valence electrons. The Labute approximate surface area is 232 Å². The van der Waals surface area contributed by atoms with Crippen molar-refractivity contribution < 1.29 is 9.50 Å². The minimum absolute atomic E-state index is 0.0180. The fourth-order valence-electron chi connectivity index (χ4n) is 8.03. The Hall–Kier alpha value is -2.93. The van der Waals surface area contributed by atoms with Crippen LogP contribution in [0.2, 0.25) is 5.02 Å². The molecular formula is C32H32ClFN4O. The third-order valence-corrected chi connectivity index (χ3v) is 10.4. The third-order valence-electron chi connectivity index (χ3n) is 10.1. The van der Waals surface area contributed by atoms with Crippen LogP contribution in [0.25, 0.3) is 32.8 Å². The minimum Gasteiger partial charge on any atom is -0.508 e. The molecule has 5 aliphatic rings. The zero-order chi connectivity index (χ0) is 26.7. The van der Waals surface area contributed by atoms with Crippen LogP contribution in [0.4, 0.5) is 10.1 Å². The van der Waals surface area contributed by atoms with Crippen LogP contribution >= 0.6 is 11.6 Å². The Balaban J connectivity index is 1.35. The maximum absolute atomic E-state index is 16.8. The topological polar surface area (TPSA) is 51.6 Å². The number of anilines is 1. The van der Waals surface area contributed by atoms with Crippen LogP contribution in [0, 0.1) is 5.82 Å². The second kappa shape index (κ2) is 8.06. The zero-order valence-corrected chi connectivity index (χ0v) is 23.0. The van der Waals surface area contributed by atoms with Gasteiger partial charge in [-0.2, -0.15) is 0 Å². The maximum atomic E-state index is 16.8. The molecule has 3 heterocycles. The standard InChI is InChI=1S/C32H32ClFN4O/c1-37(2)32-15-31(16-32,17-32)27-12-26(38-13-19-7-8-20(14-38)35-19)24-11-25(33)28(29(34)30(24)36-27)23-10-21(39)9-18-5-3-4-6-22(18)23/h3-6,9-12,19-20,35,39H,7-8,13-17H2,1-2H3. The summed E-state index contributed by atoms with van der Waals surface area (Å²) >= 11 is 6.92. The molecular weight excluding hydrogens is 511 g/mol. The molecule has 3 aromatic carbocycles. The lowest BCUT2D eigenvalue weighted by atomic mass is 9.38. The van der Waals surface area contributed by atoms with Gasteiger partial charge in [0, 0.05) is 58.5 Å². The van der Waals surface area contributed by atoms with E-state index in [-0.39, 0.29) is 16.7 Å². The van der Waals surface area contributed by atoms with Gasteiger partial charge in [-0.15, -0.1) is 0 Å². The van der Waals surface area contributed by atoms with Gasteiger partial charge in [0.05, 0.1) is 5.02 Å². The third kappa shape index (κ3) is 3.35. The quantitative estimate of drug-likeness (QED) is 0.320. The van der Waals surface area contributed by atoms with E-state index in [1.54, 1.807) is 12.1 Å². The number of phenolic OH excluding ortho intramolecular Hbond substituents is 1. The predicted molar refractivity (Wildman–Crippen MR) is 155 cm³/mol. The van der Waals surface area contributed by atoms with Crippen LogP contribution in [0.3, 0.4) is 0 Å². The van der Waals surface area contributed by atoms with Crippen molar-refractivity contribution in [3.8, 4) is 16.9 Å². The number of piperazine rings is 1. The Morgan fingerprint density at radius 3 is 2.46 bits per heavy atom. The van der Waals surface area contributed by atoms with Crippen molar-refractivity contribution >= 4 is 39.0 Å². The summed E-state index contributed by atoms with van der Waals surface area (Å²) in [7, 11) is 4.32. The first kappa shape index (κ1) is 23.9. The Morgan fingerprint density at radius 1 is 1.03 bits per heavy atom. The van der Waals surface area contributed by atoms with E-state index in [9.17, 15) is 5.11 Å². The number of pyridine rings is 1. The number of aromatic hydroxyl groups is 1. The van der Waals surface area contributed by atoms with Gasteiger partial charge in [0.2, 0.25) is 0 Å². The van der Waals surface area contributed by atoms with Gasteiger partial charge in [-0.25, -0.2) is 9.37 Å². The number of nitrogens with one attached hydrogen (secondary N) is 1. The summed E-state index contributed by atoms with van der Waals surface area (Å²) in [6, 6.07) is 16.1. The molecule has 9 rings (SSSR count). The molecule has 4 aromatic rings. The fraction of sp³-hybridized carbons (Fsp3) is 0.406. The average Bonchev–Trinajstić information content (AvgIpc) is 3.19. The van der Waals surface area contributed by atoms with Crippen molar-refractivity contribution in [1.82, 2.24) is 15.2 Å². The normalized spacial score (nSPS) is 29.2. The first-order chi connectivity index (χ1) is 18.8. The number of benzene rings is 3. The van der Waals surface area contributed by atoms with Crippen molar-refractivity contribution in [2.45, 2.75) is 55.1 Å². The molecule has 0 amide bonds. The first-order valence-electron chi connectivity index (χ1n) is 14.0. The van der Waals surface area contributed by atoms with Gasteiger partial charge in [0.25, 0.3) is 0 Å². The Kier molecular flexibility index (Phi) is 4.94. The number of halogens is 2. The van der Waals surface area contributed by atoms with Crippen LogP contribution in [0.15, 0.2) is 48.5 Å². The molecule has 7 heteroatoms. The summed E-state index contributed by atoms with van der Waals surface area (Å²) in [6.45, 7) is 1.81. The van der Waals surface area contributed by atoms with E-state index in [1.165, 1.54) is 12.8 Å². The van der Waals surface area contributed by atoms with Crippen molar-refractivity contribution in [1.29, 1.82) is 0 Å². The average molecular weight is 543 g/mol. The molecule has 0 radical (unpaired) electrons. The zero-order valence-electron chi connectivity index (χ0n) is 22.3. The largest absolute Gasteiger partial charge is 0.508 e. The van der Waals surface area contributed by atoms with Gasteiger partial charge in [0.1, 0.15) is 11.3 Å². The number of phenols is 1. The number of hydrogen-bond donors (Lipinski definition) is 2. The van der Waals surface area contributed by atoms with E-state index >= 15 is 4.39 Å². The molecule has 39 heavy (non-hydrogen) atoms. The number of aromatic nitrogens is 1. The van der Waals surface area contributed by atoms with E-state index in [0.717, 1.165) is 59.9 Å². The SMILES string of the molecule is CN(C)C12CC(c3cc(N4CC5CCC(C4)N5)c4cc(Cl)c(-c5cc(O)cc6ccccc56)c(F)c4n3)(C1)C2. The molecule has 3 saturated carbocycles. The van der Waals surface area contributed by atoms with E-state index in [0.29, 0.717) is 33.7 Å². The highest BCUT2D eigenvalue weighted by atomic mass is 35.5. The second-order valence-corrected chi connectivity index (χ2v) is 13.1. The maximum Gasteiger partial charge on any atom is 0.158 e. The molecule has 5 fully saturated rings. The summed E-state index contributed by atoms with van der Waals surface area (Å²) in [5.74, 6) is -0.329. The van der Waals surface area contributed by atoms with Gasteiger partial charge < -0.3 is 20.2 Å². The summed E-state index contributed by atoms with van der Waals surface area (Å²) in [5, 5.41) is 17.0. The highest BCUT2D eigenvalue weighted by Gasteiger charge is 2.70. The molecule has 2 saturated heterocycles. The van der Waals surface area contributed by atoms with Crippen molar-refractivity contribution in [2.75, 3.05) is 32.1 Å². The van der Waals surface area contributed by atoms with E-state index < -0.39 is 5.82 Å². The van der Waals surface area contributed by atoms with Gasteiger partial charge in [-0.05, 0) is 86.8 Å². The minimum atomic E-state index is -0.414. The van der Waals surface area contributed by atoms with Crippen molar-refractivity contribution in [3.63, 3.8) is 0 Å². The number of fused-ring (bicyclic) bond motifs is 4. The van der Waals surface area contributed by atoms with Crippen molar-refractivity contribution in [2.24, 2.45) is 0 Å². The molecule has 4 bridgehead atoms. The molecule has 5 nitrogen and oxygen atoms in total. The Bertz CT molecular complexity index is 1650. The summed E-state index contributed by atoms with van der Waals surface area (Å²) < 4.78 is 16.8. The van der Waals surface area contributed by atoms with Gasteiger partial charge >= 0.3 is 0 Å². The van der Waals surface area contributed by atoms with Gasteiger partial charge in [-0.1, -0.05) is 35.9 Å². The molecule has 2 unspecified atom stereocenters. The van der Waals surface area contributed by atoms with Gasteiger partial charge in [-0.3, -0.25) is 0 Å². The molecule has 0 spiro atoms. The second-order valence-electron chi connectivity index (χ2n) is 12.7. The van der Waals surface area contributed by atoms with Crippen LogP contribution in [0.5, 0.6) is 5.75 Å². The molecule has 1 aromatic heterocycles. The van der Waals surface area contributed by atoms with Crippen LogP contribution in [-0.4, -0.2) is 59.8 Å². The number of hydrogen-bond acceptors (Lipinski definition) is 5. The lowest BCUT2D eigenvalue weighted by Crippen LogP contribution is -2.75. The summed E-state index contributed by atoms with van der Waals surface area (Å²) in [5.41, 5.74) is 3.59. The molecule has 3 aliphatic carbocycles. The van der Waals surface area contributed by atoms with Crippen molar-refractivity contribution in [3.05, 3.63) is 65.1 Å². The van der Waals surface area contributed by atoms with Crippen LogP contribution in [-0.2, 0) is 5.41 Å². The van der Waals surface area contributed by atoms with E-state index in [1.807, 2.05) is 30.3 Å². The number of nitrogens with zero attached hydrogens (tertiary/aromatic N) is 3. The van der Waals surface area contributed by atoms with E-state index in [2.05, 4.69) is 35.3 Å². The lowest BCUT2D eigenvalue weighted by Gasteiger charge is -2.73. The summed E-state index contributed by atoms with van der Waals surface area (Å²) in [4.78, 5) is 9.85. The van der Waals surface area contributed by atoms with E-state index in [4.69, 9.17) is 16.6 Å². The first-order valence-corrected chi connectivity index (χ1v) is 14.4. The van der Waals surface area contributed by atoms with Crippen LogP contribution < -0.4 is 10.2 Å². The monoisotopic (exact) mass is 542 g/mol.